The number of hydrogen-bond donors (Lipinski definition) is 3. The van der Waals surface area contributed by atoms with Gasteiger partial charge in [0.25, 0.3) is 5.91 Å². The van der Waals surface area contributed by atoms with Crippen molar-refractivity contribution in [3.63, 3.8) is 0 Å². The van der Waals surface area contributed by atoms with Crippen LogP contribution in [0.1, 0.15) is 45.3 Å². The lowest BCUT2D eigenvalue weighted by molar-refractivity contribution is 0.0942. The maximum Gasteiger partial charge on any atom is 0.261 e. The molecule has 0 aliphatic heterocycles. The highest BCUT2D eigenvalue weighted by Gasteiger charge is 2.16. The average molecular weight is 303 g/mol. The number of nitrogens with zero attached hydrogens (tertiary/aromatic N) is 1. The molecule has 1 unspecified atom stereocenters. The number of aryl methyl sites for hydroxylation is 1. The van der Waals surface area contributed by atoms with E-state index < -0.39 is 0 Å². The van der Waals surface area contributed by atoms with Crippen LogP contribution in [0, 0.1) is 18.8 Å². The lowest BCUT2D eigenvalue weighted by Gasteiger charge is -2.10. The summed E-state index contributed by atoms with van der Waals surface area (Å²) in [5.74, 6) is 6.44. The van der Waals surface area contributed by atoms with Crippen LogP contribution in [0.25, 0.3) is 0 Å². The highest BCUT2D eigenvalue weighted by Crippen LogP contribution is 2.21. The molecule has 6 heteroatoms. The van der Waals surface area contributed by atoms with Crippen molar-refractivity contribution in [2.45, 2.75) is 26.3 Å². The summed E-state index contributed by atoms with van der Waals surface area (Å²) in [4.78, 5) is 20.8. The molecule has 110 valence electrons. The van der Waals surface area contributed by atoms with Gasteiger partial charge in [-0.3, -0.25) is 4.79 Å². The normalized spacial score (nSPS) is 11.6. The van der Waals surface area contributed by atoms with Crippen molar-refractivity contribution in [2.75, 3.05) is 6.61 Å². The molecule has 0 spiro atoms. The number of aliphatic hydroxyl groups excluding tert-OH is 1. The van der Waals surface area contributed by atoms with Crippen LogP contribution < -0.4 is 5.32 Å². The number of aromatic nitrogens is 2. The Morgan fingerprint density at radius 2 is 2.43 bits per heavy atom. The van der Waals surface area contributed by atoms with E-state index >= 15 is 0 Å². The van der Waals surface area contributed by atoms with Gasteiger partial charge in [-0.15, -0.1) is 11.3 Å². The molecule has 0 aromatic carbocycles. The van der Waals surface area contributed by atoms with Crippen molar-refractivity contribution in [1.29, 1.82) is 0 Å². The van der Waals surface area contributed by atoms with Gasteiger partial charge in [0.05, 0.1) is 22.4 Å². The first-order valence-corrected chi connectivity index (χ1v) is 7.43. The summed E-state index contributed by atoms with van der Waals surface area (Å²) >= 11 is 1.36. The van der Waals surface area contributed by atoms with Crippen molar-refractivity contribution in [2.24, 2.45) is 0 Å². The van der Waals surface area contributed by atoms with Gasteiger partial charge < -0.3 is 15.4 Å². The molecule has 1 amide bonds. The van der Waals surface area contributed by atoms with Crippen LogP contribution in [0.2, 0.25) is 0 Å². The lowest BCUT2D eigenvalue weighted by Crippen LogP contribution is -2.26. The number of rotatable bonds is 4. The van der Waals surface area contributed by atoms with Crippen LogP contribution >= 0.6 is 11.3 Å². The molecule has 2 heterocycles. The fraction of sp³-hybridized carbons (Fsp3) is 0.333. The third kappa shape index (κ3) is 3.94. The Labute approximate surface area is 127 Å². The van der Waals surface area contributed by atoms with Crippen molar-refractivity contribution in [3.8, 4) is 11.8 Å². The molecule has 0 aliphatic carbocycles. The fourth-order valence-electron chi connectivity index (χ4n) is 1.77. The predicted molar refractivity (Wildman–Crippen MR) is 82.1 cm³/mol. The zero-order valence-electron chi connectivity index (χ0n) is 11.9. The zero-order valence-corrected chi connectivity index (χ0v) is 12.8. The standard InChI is InChI=1S/C15H17N3O2S/c1-10-9-13(21-12(10)5-3-4-8-19)15(20)18-11(2)14-16-6-7-17-14/h6-7,9,11,19H,4,8H2,1-2H3,(H,16,17)(H,18,20). The first-order chi connectivity index (χ1) is 10.1. The Kier molecular flexibility index (Phi) is 5.14. The predicted octanol–water partition coefficient (Wildman–Crippen LogP) is 2.00. The van der Waals surface area contributed by atoms with Crippen molar-refractivity contribution < 1.29 is 9.90 Å². The van der Waals surface area contributed by atoms with E-state index in [2.05, 4.69) is 27.1 Å². The number of amides is 1. The molecule has 0 fully saturated rings. The third-order valence-electron chi connectivity index (χ3n) is 2.86. The molecule has 0 radical (unpaired) electrons. The van der Waals surface area contributed by atoms with E-state index in [4.69, 9.17) is 5.11 Å². The van der Waals surface area contributed by atoms with Gasteiger partial charge in [0.15, 0.2) is 0 Å². The monoisotopic (exact) mass is 303 g/mol. The molecule has 0 bridgehead atoms. The van der Waals surface area contributed by atoms with Gasteiger partial charge in [-0.2, -0.15) is 0 Å². The number of aliphatic hydroxyl groups is 1. The Morgan fingerprint density at radius 1 is 1.62 bits per heavy atom. The summed E-state index contributed by atoms with van der Waals surface area (Å²) in [7, 11) is 0. The molecule has 0 aliphatic rings. The maximum absolute atomic E-state index is 12.2. The van der Waals surface area contributed by atoms with Gasteiger partial charge in [0, 0.05) is 18.8 Å². The molecule has 5 nitrogen and oxygen atoms in total. The van der Waals surface area contributed by atoms with E-state index in [1.54, 1.807) is 12.4 Å². The second-order valence-electron chi connectivity index (χ2n) is 4.57. The Bertz CT molecular complexity index is 665. The second-order valence-corrected chi connectivity index (χ2v) is 5.62. The number of nitrogens with one attached hydrogen (secondary N) is 2. The average Bonchev–Trinajstić information content (AvgIpc) is 3.09. The number of hydrogen-bond acceptors (Lipinski definition) is 4. The van der Waals surface area contributed by atoms with Gasteiger partial charge >= 0.3 is 0 Å². The first-order valence-electron chi connectivity index (χ1n) is 6.62. The van der Waals surface area contributed by atoms with E-state index in [-0.39, 0.29) is 18.6 Å². The molecule has 1 atom stereocenters. The van der Waals surface area contributed by atoms with Gasteiger partial charge in [-0.1, -0.05) is 11.8 Å². The number of aromatic amines is 1. The van der Waals surface area contributed by atoms with E-state index in [0.717, 1.165) is 16.3 Å². The summed E-state index contributed by atoms with van der Waals surface area (Å²) in [5, 5.41) is 11.6. The lowest BCUT2D eigenvalue weighted by atomic mass is 10.2. The van der Waals surface area contributed by atoms with Gasteiger partial charge in [0.1, 0.15) is 5.82 Å². The Balaban J connectivity index is 2.06. The molecule has 21 heavy (non-hydrogen) atoms. The Morgan fingerprint density at radius 3 is 3.10 bits per heavy atom. The highest BCUT2D eigenvalue weighted by molar-refractivity contribution is 7.14. The molecular weight excluding hydrogens is 286 g/mol. The van der Waals surface area contributed by atoms with E-state index in [1.165, 1.54) is 11.3 Å². The smallest absolute Gasteiger partial charge is 0.261 e. The van der Waals surface area contributed by atoms with E-state index in [1.807, 2.05) is 19.9 Å². The van der Waals surface area contributed by atoms with E-state index in [0.29, 0.717) is 11.3 Å². The minimum atomic E-state index is -0.182. The van der Waals surface area contributed by atoms with Crippen LogP contribution in [0.5, 0.6) is 0 Å². The zero-order chi connectivity index (χ0) is 15.2. The summed E-state index contributed by atoms with van der Waals surface area (Å²) < 4.78 is 0. The quantitative estimate of drug-likeness (QED) is 0.756. The fourth-order valence-corrected chi connectivity index (χ4v) is 2.72. The number of carbonyl (C=O) groups is 1. The van der Waals surface area contributed by atoms with Crippen molar-refractivity contribution in [1.82, 2.24) is 15.3 Å². The van der Waals surface area contributed by atoms with Crippen LogP contribution in [0.15, 0.2) is 18.5 Å². The summed E-state index contributed by atoms with van der Waals surface area (Å²) in [6.07, 6.45) is 3.82. The highest BCUT2D eigenvalue weighted by atomic mass is 32.1. The number of carbonyl (C=O) groups excluding carboxylic acids is 1. The van der Waals surface area contributed by atoms with Gasteiger partial charge in [-0.05, 0) is 25.5 Å². The minimum Gasteiger partial charge on any atom is -0.395 e. The summed E-state index contributed by atoms with van der Waals surface area (Å²) in [6.45, 7) is 3.84. The van der Waals surface area contributed by atoms with Crippen LogP contribution in [-0.2, 0) is 0 Å². The second kappa shape index (κ2) is 7.07. The summed E-state index contributed by atoms with van der Waals surface area (Å²) in [6, 6.07) is 1.65. The molecule has 0 saturated heterocycles. The number of thiophene rings is 1. The molecule has 2 rings (SSSR count). The molecule has 3 N–H and O–H groups in total. The topological polar surface area (TPSA) is 78.0 Å². The third-order valence-corrected chi connectivity index (χ3v) is 4.01. The number of imidazole rings is 1. The molecule has 0 saturated carbocycles. The van der Waals surface area contributed by atoms with Crippen molar-refractivity contribution in [3.05, 3.63) is 39.6 Å². The van der Waals surface area contributed by atoms with Crippen molar-refractivity contribution >= 4 is 17.2 Å². The molecule has 2 aromatic rings. The first kappa shape index (κ1) is 15.3. The van der Waals surface area contributed by atoms with Crippen LogP contribution in [-0.4, -0.2) is 27.6 Å². The van der Waals surface area contributed by atoms with Crippen LogP contribution in [0.3, 0.4) is 0 Å². The number of H-pyrrole nitrogens is 1. The largest absolute Gasteiger partial charge is 0.395 e. The minimum absolute atomic E-state index is 0.0471. The SMILES string of the molecule is Cc1cc(C(=O)NC(C)c2ncc[nH]2)sc1C#CCCO. The Hall–Kier alpha value is -2.10. The van der Waals surface area contributed by atoms with Gasteiger partial charge in [-0.25, -0.2) is 4.98 Å². The van der Waals surface area contributed by atoms with Crippen LogP contribution in [0.4, 0.5) is 0 Å². The van der Waals surface area contributed by atoms with Gasteiger partial charge in [0.2, 0.25) is 0 Å². The van der Waals surface area contributed by atoms with E-state index in [9.17, 15) is 4.79 Å². The maximum atomic E-state index is 12.2. The molecular formula is C15H17N3O2S. The molecule has 2 aromatic heterocycles. The summed E-state index contributed by atoms with van der Waals surface area (Å²) in [5.41, 5.74) is 0.973.